The molecule has 2 saturated heterocycles. The molecule has 2 aliphatic heterocycles. The average Bonchev–Trinajstić information content (AvgIpc) is 2.44. The van der Waals surface area contributed by atoms with Gasteiger partial charge < -0.3 is 9.84 Å². The van der Waals surface area contributed by atoms with Crippen LogP contribution in [0.3, 0.4) is 0 Å². The van der Waals surface area contributed by atoms with Crippen LogP contribution < -0.4 is 0 Å². The highest BCUT2D eigenvalue weighted by Gasteiger charge is 2.36. The minimum absolute atomic E-state index is 0.238. The summed E-state index contributed by atoms with van der Waals surface area (Å²) in [6.45, 7) is 6.98. The van der Waals surface area contributed by atoms with E-state index in [1.165, 1.54) is 6.42 Å². The van der Waals surface area contributed by atoms with Crippen molar-refractivity contribution < 1.29 is 9.84 Å². The number of rotatable bonds is 2. The molecule has 2 bridgehead atoms. The molecule has 4 atom stereocenters. The van der Waals surface area contributed by atoms with Gasteiger partial charge in [0, 0.05) is 19.1 Å². The van der Waals surface area contributed by atoms with Crippen molar-refractivity contribution in [1.82, 2.24) is 4.90 Å². The number of hydrogen-bond donors (Lipinski definition) is 1. The van der Waals surface area contributed by atoms with E-state index in [1.807, 2.05) is 6.92 Å². The van der Waals surface area contributed by atoms with Gasteiger partial charge in [0.1, 0.15) is 0 Å². The van der Waals surface area contributed by atoms with Crippen molar-refractivity contribution in [3.63, 3.8) is 0 Å². The molecule has 76 valence electrons. The highest BCUT2D eigenvalue weighted by atomic mass is 16.5. The Bertz CT molecular complexity index is 172. The predicted octanol–water partition coefficient (Wildman–Crippen LogP) is 0.476. The second-order valence-corrected chi connectivity index (χ2v) is 4.49. The van der Waals surface area contributed by atoms with E-state index in [4.69, 9.17) is 4.74 Å². The fourth-order valence-electron chi connectivity index (χ4n) is 2.34. The lowest BCUT2D eigenvalue weighted by Gasteiger charge is -2.36. The summed E-state index contributed by atoms with van der Waals surface area (Å²) in [5.74, 6) is 0.708. The lowest BCUT2D eigenvalue weighted by Crippen LogP contribution is -2.48. The van der Waals surface area contributed by atoms with Crippen LogP contribution in [-0.2, 0) is 4.74 Å². The molecule has 13 heavy (non-hydrogen) atoms. The Hall–Kier alpha value is -0.120. The summed E-state index contributed by atoms with van der Waals surface area (Å²) in [4.78, 5) is 2.36. The van der Waals surface area contributed by atoms with Gasteiger partial charge in [0.25, 0.3) is 0 Å². The second-order valence-electron chi connectivity index (χ2n) is 4.49. The SMILES string of the molecule is CC(O)C(C)N1CC2COC(C2)C1. The standard InChI is InChI=1S/C10H19NO2/c1-7(8(2)12)11-4-9-3-10(5-11)13-6-9/h7-10,12H,3-6H2,1-2H3. The molecule has 0 aromatic rings. The summed E-state index contributed by atoms with van der Waals surface area (Å²) in [6.07, 6.45) is 1.42. The van der Waals surface area contributed by atoms with E-state index in [0.717, 1.165) is 19.7 Å². The van der Waals surface area contributed by atoms with Crippen LogP contribution in [0.1, 0.15) is 20.3 Å². The molecule has 2 rings (SSSR count). The molecule has 0 amide bonds. The maximum absolute atomic E-state index is 9.48. The van der Waals surface area contributed by atoms with E-state index in [1.54, 1.807) is 0 Å². The Morgan fingerprint density at radius 2 is 2.15 bits per heavy atom. The molecule has 4 unspecified atom stereocenters. The normalized spacial score (nSPS) is 39.0. The number of hydrogen-bond acceptors (Lipinski definition) is 3. The van der Waals surface area contributed by atoms with Crippen LogP contribution in [0.25, 0.3) is 0 Å². The van der Waals surface area contributed by atoms with Gasteiger partial charge in [-0.05, 0) is 26.2 Å². The summed E-state index contributed by atoms with van der Waals surface area (Å²) in [6, 6.07) is 0.270. The molecule has 2 fully saturated rings. The number of fused-ring (bicyclic) bond motifs is 2. The maximum atomic E-state index is 9.48. The Balaban J connectivity index is 1.94. The lowest BCUT2D eigenvalue weighted by molar-refractivity contribution is 0.0255. The number of aliphatic hydroxyl groups excluding tert-OH is 1. The first-order chi connectivity index (χ1) is 6.16. The maximum Gasteiger partial charge on any atom is 0.0706 e. The van der Waals surface area contributed by atoms with Gasteiger partial charge in [0.15, 0.2) is 0 Å². The largest absolute Gasteiger partial charge is 0.392 e. The van der Waals surface area contributed by atoms with Gasteiger partial charge >= 0.3 is 0 Å². The molecule has 1 N–H and O–H groups in total. The van der Waals surface area contributed by atoms with Crippen LogP contribution in [0.15, 0.2) is 0 Å². The van der Waals surface area contributed by atoms with Gasteiger partial charge in [-0.25, -0.2) is 0 Å². The minimum atomic E-state index is -0.238. The second kappa shape index (κ2) is 3.56. The molecule has 3 nitrogen and oxygen atoms in total. The van der Waals surface area contributed by atoms with Crippen molar-refractivity contribution in [1.29, 1.82) is 0 Å². The molecule has 2 heterocycles. The summed E-state index contributed by atoms with van der Waals surface area (Å²) in [7, 11) is 0. The number of ether oxygens (including phenoxy) is 1. The minimum Gasteiger partial charge on any atom is -0.392 e. The molecule has 2 aliphatic rings. The molecule has 0 radical (unpaired) electrons. The van der Waals surface area contributed by atoms with Crippen LogP contribution in [0, 0.1) is 5.92 Å². The van der Waals surface area contributed by atoms with Gasteiger partial charge in [-0.1, -0.05) is 0 Å². The number of aliphatic hydroxyl groups is 1. The number of piperidine rings is 1. The molecule has 0 saturated carbocycles. The zero-order valence-electron chi connectivity index (χ0n) is 8.44. The third kappa shape index (κ3) is 1.87. The Morgan fingerprint density at radius 3 is 2.77 bits per heavy atom. The molecular weight excluding hydrogens is 166 g/mol. The van der Waals surface area contributed by atoms with Gasteiger partial charge in [-0.2, -0.15) is 0 Å². The van der Waals surface area contributed by atoms with Crippen LogP contribution in [0.2, 0.25) is 0 Å². The van der Waals surface area contributed by atoms with Crippen LogP contribution >= 0.6 is 0 Å². The first-order valence-corrected chi connectivity index (χ1v) is 5.20. The number of likely N-dealkylation sites (tertiary alicyclic amines) is 1. The third-order valence-electron chi connectivity index (χ3n) is 3.37. The van der Waals surface area contributed by atoms with E-state index in [9.17, 15) is 5.11 Å². The van der Waals surface area contributed by atoms with Crippen molar-refractivity contribution in [2.24, 2.45) is 5.92 Å². The zero-order valence-corrected chi connectivity index (χ0v) is 8.44. The quantitative estimate of drug-likeness (QED) is 0.679. The Morgan fingerprint density at radius 1 is 1.38 bits per heavy atom. The fraction of sp³-hybridized carbons (Fsp3) is 1.00. The van der Waals surface area contributed by atoms with Crippen molar-refractivity contribution in [3.8, 4) is 0 Å². The van der Waals surface area contributed by atoms with E-state index in [-0.39, 0.29) is 12.1 Å². The topological polar surface area (TPSA) is 32.7 Å². The van der Waals surface area contributed by atoms with Crippen molar-refractivity contribution in [2.75, 3.05) is 19.7 Å². The molecule has 0 aromatic heterocycles. The Kier molecular flexibility index (Phi) is 2.58. The first-order valence-electron chi connectivity index (χ1n) is 5.20. The van der Waals surface area contributed by atoms with Crippen molar-refractivity contribution >= 4 is 0 Å². The zero-order chi connectivity index (χ0) is 9.42. The monoisotopic (exact) mass is 185 g/mol. The molecule has 0 spiro atoms. The van der Waals surface area contributed by atoms with Gasteiger partial charge in [0.05, 0.1) is 18.8 Å². The smallest absolute Gasteiger partial charge is 0.0706 e. The van der Waals surface area contributed by atoms with Gasteiger partial charge in [-0.3, -0.25) is 4.90 Å². The van der Waals surface area contributed by atoms with Gasteiger partial charge in [-0.15, -0.1) is 0 Å². The van der Waals surface area contributed by atoms with Crippen LogP contribution in [-0.4, -0.2) is 48.0 Å². The van der Waals surface area contributed by atoms with E-state index < -0.39 is 0 Å². The van der Waals surface area contributed by atoms with Crippen LogP contribution in [0.5, 0.6) is 0 Å². The summed E-state index contributed by atoms with van der Waals surface area (Å²) < 4.78 is 5.61. The van der Waals surface area contributed by atoms with Crippen LogP contribution in [0.4, 0.5) is 0 Å². The summed E-state index contributed by atoms with van der Waals surface area (Å²) >= 11 is 0. The summed E-state index contributed by atoms with van der Waals surface area (Å²) in [5, 5.41) is 9.48. The molecule has 0 aliphatic carbocycles. The molecule has 3 heteroatoms. The molecular formula is C10H19NO2. The third-order valence-corrected chi connectivity index (χ3v) is 3.37. The highest BCUT2D eigenvalue weighted by molar-refractivity contribution is 4.88. The number of nitrogens with zero attached hydrogens (tertiary/aromatic N) is 1. The van der Waals surface area contributed by atoms with Crippen molar-refractivity contribution in [3.05, 3.63) is 0 Å². The summed E-state index contributed by atoms with van der Waals surface area (Å²) in [5.41, 5.74) is 0. The van der Waals surface area contributed by atoms with Gasteiger partial charge in [0.2, 0.25) is 0 Å². The molecule has 0 aromatic carbocycles. The predicted molar refractivity (Wildman–Crippen MR) is 50.6 cm³/mol. The van der Waals surface area contributed by atoms with E-state index in [0.29, 0.717) is 12.0 Å². The first kappa shape index (κ1) is 9.44. The van der Waals surface area contributed by atoms with Crippen molar-refractivity contribution in [2.45, 2.75) is 38.5 Å². The van der Waals surface area contributed by atoms with E-state index in [2.05, 4.69) is 11.8 Å². The van der Waals surface area contributed by atoms with E-state index >= 15 is 0 Å². The highest BCUT2D eigenvalue weighted by Crippen LogP contribution is 2.28. The average molecular weight is 185 g/mol. The Labute approximate surface area is 79.7 Å². The fourth-order valence-corrected chi connectivity index (χ4v) is 2.34. The lowest BCUT2D eigenvalue weighted by atomic mass is 9.98.